The summed E-state index contributed by atoms with van der Waals surface area (Å²) in [6.07, 6.45) is 0. The number of benzene rings is 9. The van der Waals surface area contributed by atoms with E-state index in [-0.39, 0.29) is 5.41 Å². The van der Waals surface area contributed by atoms with Crippen molar-refractivity contribution in [3.05, 3.63) is 181 Å². The number of rotatable bonds is 3. The van der Waals surface area contributed by atoms with Crippen LogP contribution in [-0.4, -0.2) is 0 Å². The lowest BCUT2D eigenvalue weighted by Gasteiger charge is -2.22. The zero-order chi connectivity index (χ0) is 34.6. The van der Waals surface area contributed by atoms with Crippen molar-refractivity contribution in [1.82, 2.24) is 0 Å². The highest BCUT2D eigenvalue weighted by atomic mass is 16.3. The Morgan fingerprint density at radius 3 is 1.54 bits per heavy atom. The molecule has 0 fully saturated rings. The van der Waals surface area contributed by atoms with Gasteiger partial charge in [-0.3, -0.25) is 0 Å². The molecule has 0 saturated carbocycles. The molecule has 0 bridgehead atoms. The second kappa shape index (κ2) is 10.8. The van der Waals surface area contributed by atoms with Gasteiger partial charge >= 0.3 is 0 Å². The lowest BCUT2D eigenvalue weighted by molar-refractivity contribution is 0.661. The molecule has 1 aliphatic rings. The molecule has 9 aromatic carbocycles. The predicted molar refractivity (Wildman–Crippen MR) is 220 cm³/mol. The molecule has 1 aliphatic carbocycles. The van der Waals surface area contributed by atoms with E-state index >= 15 is 0 Å². The summed E-state index contributed by atoms with van der Waals surface area (Å²) in [5, 5.41) is 9.97. The van der Waals surface area contributed by atoms with E-state index in [1.807, 2.05) is 12.1 Å². The molecule has 11 rings (SSSR count). The number of furan rings is 1. The fourth-order valence-corrected chi connectivity index (χ4v) is 9.08. The monoisotopic (exact) mass is 662 g/mol. The van der Waals surface area contributed by atoms with Gasteiger partial charge in [0, 0.05) is 16.2 Å². The van der Waals surface area contributed by atoms with Crippen LogP contribution < -0.4 is 0 Å². The molecule has 0 saturated heterocycles. The van der Waals surface area contributed by atoms with Crippen LogP contribution in [-0.2, 0) is 5.41 Å². The second-order valence-corrected chi connectivity index (χ2v) is 14.9. The van der Waals surface area contributed by atoms with Crippen LogP contribution >= 0.6 is 0 Å². The number of hydrogen-bond acceptors (Lipinski definition) is 1. The van der Waals surface area contributed by atoms with Gasteiger partial charge in [-0.05, 0) is 124 Å². The van der Waals surface area contributed by atoms with Crippen LogP contribution in [0.3, 0.4) is 0 Å². The topological polar surface area (TPSA) is 13.1 Å². The summed E-state index contributed by atoms with van der Waals surface area (Å²) < 4.78 is 6.11. The summed E-state index contributed by atoms with van der Waals surface area (Å²) in [4.78, 5) is 0. The second-order valence-electron chi connectivity index (χ2n) is 14.9. The Morgan fingerprint density at radius 1 is 0.346 bits per heavy atom. The van der Waals surface area contributed by atoms with E-state index in [1.165, 1.54) is 88.0 Å². The van der Waals surface area contributed by atoms with Crippen molar-refractivity contribution in [3.63, 3.8) is 0 Å². The molecular weight excluding hydrogens is 629 g/mol. The molecule has 52 heavy (non-hydrogen) atoms. The van der Waals surface area contributed by atoms with Crippen LogP contribution in [0.25, 0.3) is 98.8 Å². The van der Waals surface area contributed by atoms with Crippen molar-refractivity contribution in [1.29, 1.82) is 0 Å². The van der Waals surface area contributed by atoms with E-state index in [0.29, 0.717) is 0 Å². The van der Waals surface area contributed by atoms with Gasteiger partial charge in [-0.2, -0.15) is 0 Å². The molecule has 0 unspecified atom stereocenters. The average molecular weight is 663 g/mol. The molecule has 1 nitrogen and oxygen atoms in total. The van der Waals surface area contributed by atoms with Crippen molar-refractivity contribution < 1.29 is 4.42 Å². The number of fused-ring (bicyclic) bond motifs is 9. The fourth-order valence-electron chi connectivity index (χ4n) is 9.08. The summed E-state index contributed by atoms with van der Waals surface area (Å²) in [5.74, 6) is 0. The van der Waals surface area contributed by atoms with Crippen LogP contribution in [0.15, 0.2) is 174 Å². The smallest absolute Gasteiger partial charge is 0.135 e. The van der Waals surface area contributed by atoms with Crippen molar-refractivity contribution in [3.8, 4) is 44.5 Å². The first-order valence-corrected chi connectivity index (χ1v) is 18.2. The molecule has 0 atom stereocenters. The Labute approximate surface area is 302 Å². The highest BCUT2D eigenvalue weighted by Crippen LogP contribution is 2.52. The summed E-state index contributed by atoms with van der Waals surface area (Å²) in [6, 6.07) is 62.6. The van der Waals surface area contributed by atoms with Gasteiger partial charge in [0.15, 0.2) is 0 Å². The SMILES string of the molecule is CC1(C)c2ccc(-c3c4ccccc4c(-c4ccc(-c5ccc6oc7ccccc7c6c5)cc4)c4ccccc34)cc2-c2cc3ccccc3cc21. The summed E-state index contributed by atoms with van der Waals surface area (Å²) >= 11 is 0. The quantitative estimate of drug-likeness (QED) is 0.172. The van der Waals surface area contributed by atoms with E-state index in [4.69, 9.17) is 4.42 Å². The summed E-state index contributed by atoms with van der Waals surface area (Å²) in [7, 11) is 0. The Bertz CT molecular complexity index is 3030. The van der Waals surface area contributed by atoms with Crippen LogP contribution in [0.1, 0.15) is 25.0 Å². The van der Waals surface area contributed by atoms with E-state index in [1.54, 1.807) is 0 Å². The van der Waals surface area contributed by atoms with Crippen LogP contribution in [0.2, 0.25) is 0 Å². The molecule has 0 aliphatic heterocycles. The zero-order valence-corrected chi connectivity index (χ0v) is 29.1. The van der Waals surface area contributed by atoms with Gasteiger partial charge in [0.2, 0.25) is 0 Å². The third kappa shape index (κ3) is 4.17. The van der Waals surface area contributed by atoms with Gasteiger partial charge in [0.05, 0.1) is 0 Å². The highest BCUT2D eigenvalue weighted by Gasteiger charge is 2.36. The van der Waals surface area contributed by atoms with Crippen molar-refractivity contribution in [2.75, 3.05) is 0 Å². The summed E-state index contributed by atoms with van der Waals surface area (Å²) in [5.41, 5.74) is 14.7. The Balaban J connectivity index is 1.08. The molecule has 0 radical (unpaired) electrons. The predicted octanol–water partition coefficient (Wildman–Crippen LogP) is 14.4. The Morgan fingerprint density at radius 2 is 0.846 bits per heavy atom. The number of hydrogen-bond donors (Lipinski definition) is 0. The lowest BCUT2D eigenvalue weighted by atomic mass is 9.81. The largest absolute Gasteiger partial charge is 0.456 e. The third-order valence-corrected chi connectivity index (χ3v) is 11.6. The first kappa shape index (κ1) is 29.3. The maximum Gasteiger partial charge on any atom is 0.135 e. The van der Waals surface area contributed by atoms with Crippen LogP contribution in [0.4, 0.5) is 0 Å². The van der Waals surface area contributed by atoms with E-state index in [9.17, 15) is 0 Å². The third-order valence-electron chi connectivity index (χ3n) is 11.6. The van der Waals surface area contributed by atoms with Crippen molar-refractivity contribution >= 4 is 54.3 Å². The van der Waals surface area contributed by atoms with E-state index in [2.05, 4.69) is 172 Å². The standard InChI is InChI=1S/C51H34O/c1-51(2)45-25-23-36(29-42(45)43-27-33-11-3-4-12-34(33)30-46(43)51)50-40-16-7-5-14-38(40)49(39-15-6-8-17-41(39)50)32-21-19-31(20-22-32)35-24-26-48-44(28-35)37-13-9-10-18-47(37)52-48/h3-30H,1-2H3. The molecule has 10 aromatic rings. The van der Waals surface area contributed by atoms with Crippen molar-refractivity contribution in [2.45, 2.75) is 19.3 Å². The van der Waals surface area contributed by atoms with Crippen LogP contribution in [0, 0.1) is 0 Å². The van der Waals surface area contributed by atoms with Crippen molar-refractivity contribution in [2.24, 2.45) is 0 Å². The maximum atomic E-state index is 6.11. The first-order valence-electron chi connectivity index (χ1n) is 18.2. The molecule has 0 amide bonds. The normalized spacial score (nSPS) is 13.3. The summed E-state index contributed by atoms with van der Waals surface area (Å²) in [6.45, 7) is 4.74. The highest BCUT2D eigenvalue weighted by molar-refractivity contribution is 6.21. The molecule has 1 aromatic heterocycles. The molecule has 0 spiro atoms. The molecule has 1 heterocycles. The van der Waals surface area contributed by atoms with Gasteiger partial charge in [0.25, 0.3) is 0 Å². The van der Waals surface area contributed by atoms with Gasteiger partial charge in [0.1, 0.15) is 11.2 Å². The zero-order valence-electron chi connectivity index (χ0n) is 29.1. The molecule has 1 heteroatoms. The van der Waals surface area contributed by atoms with Gasteiger partial charge in [-0.1, -0.05) is 147 Å². The Hall–Kier alpha value is -6.44. The molecule has 244 valence electrons. The maximum absolute atomic E-state index is 6.11. The lowest BCUT2D eigenvalue weighted by Crippen LogP contribution is -2.14. The first-order chi connectivity index (χ1) is 25.5. The fraction of sp³-hybridized carbons (Fsp3) is 0.0588. The molecule has 0 N–H and O–H groups in total. The molecular formula is C51H34O. The minimum Gasteiger partial charge on any atom is -0.456 e. The van der Waals surface area contributed by atoms with E-state index in [0.717, 1.165) is 21.9 Å². The van der Waals surface area contributed by atoms with Gasteiger partial charge in [-0.15, -0.1) is 0 Å². The Kier molecular flexibility index (Phi) is 6.08. The van der Waals surface area contributed by atoms with Gasteiger partial charge in [-0.25, -0.2) is 0 Å². The minimum atomic E-state index is -0.0640. The van der Waals surface area contributed by atoms with Crippen LogP contribution in [0.5, 0.6) is 0 Å². The average Bonchev–Trinajstić information content (AvgIpc) is 3.67. The van der Waals surface area contributed by atoms with E-state index < -0.39 is 0 Å². The number of para-hydroxylation sites is 1. The van der Waals surface area contributed by atoms with Gasteiger partial charge < -0.3 is 4.42 Å². The minimum absolute atomic E-state index is 0.0640.